The summed E-state index contributed by atoms with van der Waals surface area (Å²) in [5, 5.41) is 8.78. The van der Waals surface area contributed by atoms with Gasteiger partial charge in [-0.05, 0) is 24.6 Å². The first-order chi connectivity index (χ1) is 8.74. The molecule has 0 aromatic heterocycles. The zero-order valence-electron chi connectivity index (χ0n) is 10.4. The lowest BCUT2D eigenvalue weighted by molar-refractivity contribution is -0.119. The van der Waals surface area contributed by atoms with Gasteiger partial charge in [0.15, 0.2) is 0 Å². The van der Waals surface area contributed by atoms with Gasteiger partial charge in [-0.3, -0.25) is 0 Å². The van der Waals surface area contributed by atoms with E-state index in [0.717, 1.165) is 11.0 Å². The Morgan fingerprint density at radius 1 is 1.42 bits per heavy atom. The molecule has 0 aliphatic carbocycles. The van der Waals surface area contributed by atoms with Gasteiger partial charge in [0.05, 0.1) is 16.9 Å². The second-order valence-electron chi connectivity index (χ2n) is 4.12. The zero-order chi connectivity index (χ0) is 14.6. The van der Waals surface area contributed by atoms with Gasteiger partial charge in [-0.25, -0.2) is 4.79 Å². The van der Waals surface area contributed by atoms with E-state index in [2.05, 4.69) is 0 Å². The number of nitrogens with zero attached hydrogens (tertiary/aromatic N) is 1. The molecule has 0 aliphatic rings. The highest BCUT2D eigenvalue weighted by atomic mass is 19.4. The van der Waals surface area contributed by atoms with Gasteiger partial charge in [0, 0.05) is 6.54 Å². The summed E-state index contributed by atoms with van der Waals surface area (Å²) in [6.07, 6.45) is -3.82. The fourth-order valence-electron chi connectivity index (χ4n) is 1.75. The number of anilines is 2. The van der Waals surface area contributed by atoms with Crippen LogP contribution in [0.1, 0.15) is 23.7 Å². The number of benzene rings is 1. The van der Waals surface area contributed by atoms with Crippen LogP contribution in [-0.4, -0.2) is 30.3 Å². The third-order valence-electron chi connectivity index (χ3n) is 2.48. The highest BCUT2D eigenvalue weighted by Gasteiger charge is 2.31. The minimum Gasteiger partial charge on any atom is -0.478 e. The van der Waals surface area contributed by atoms with E-state index >= 15 is 0 Å². The summed E-state index contributed by atoms with van der Waals surface area (Å²) in [4.78, 5) is 11.8. The molecule has 0 unspecified atom stereocenters. The number of hydrogen-bond donors (Lipinski definition) is 2. The van der Waals surface area contributed by atoms with Crippen LogP contribution in [0.15, 0.2) is 18.2 Å². The van der Waals surface area contributed by atoms with Crippen LogP contribution in [-0.2, 0) is 0 Å². The molecule has 19 heavy (non-hydrogen) atoms. The van der Waals surface area contributed by atoms with Crippen LogP contribution in [0.4, 0.5) is 24.5 Å². The number of carbonyl (C=O) groups is 1. The Morgan fingerprint density at radius 2 is 2.05 bits per heavy atom. The van der Waals surface area contributed by atoms with Crippen LogP contribution in [0.3, 0.4) is 0 Å². The van der Waals surface area contributed by atoms with Gasteiger partial charge in [0.2, 0.25) is 0 Å². The molecule has 0 bridgehead atoms. The average Bonchev–Trinajstić information content (AvgIpc) is 2.26. The smallest absolute Gasteiger partial charge is 0.405 e. The van der Waals surface area contributed by atoms with E-state index in [4.69, 9.17) is 10.8 Å². The van der Waals surface area contributed by atoms with Gasteiger partial charge in [-0.1, -0.05) is 6.92 Å². The molecule has 1 aromatic carbocycles. The van der Waals surface area contributed by atoms with Gasteiger partial charge in [-0.15, -0.1) is 0 Å². The van der Waals surface area contributed by atoms with Crippen molar-refractivity contribution >= 4 is 17.3 Å². The van der Waals surface area contributed by atoms with Crippen molar-refractivity contribution in [1.82, 2.24) is 0 Å². The topological polar surface area (TPSA) is 66.6 Å². The zero-order valence-corrected chi connectivity index (χ0v) is 10.4. The number of alkyl halides is 3. The molecule has 106 valence electrons. The van der Waals surface area contributed by atoms with Crippen LogP contribution in [0.2, 0.25) is 0 Å². The third kappa shape index (κ3) is 4.35. The van der Waals surface area contributed by atoms with Crippen molar-refractivity contribution in [1.29, 1.82) is 0 Å². The predicted molar refractivity (Wildman–Crippen MR) is 66.4 cm³/mol. The number of hydrogen-bond acceptors (Lipinski definition) is 3. The standard InChI is InChI=1S/C12H15F3N2O2/c1-2-5-17(7-12(13,14)15)10-4-3-8(11(18)19)6-9(10)16/h3-4,6H,2,5,7,16H2,1H3,(H,18,19). The highest BCUT2D eigenvalue weighted by Crippen LogP contribution is 2.28. The molecule has 0 heterocycles. The normalized spacial score (nSPS) is 11.4. The van der Waals surface area contributed by atoms with Crippen molar-refractivity contribution in [2.75, 3.05) is 23.7 Å². The first-order valence-corrected chi connectivity index (χ1v) is 5.69. The molecule has 1 rings (SSSR count). The summed E-state index contributed by atoms with van der Waals surface area (Å²) in [7, 11) is 0. The van der Waals surface area contributed by atoms with Crippen molar-refractivity contribution in [2.24, 2.45) is 0 Å². The second kappa shape index (κ2) is 5.81. The lowest BCUT2D eigenvalue weighted by Gasteiger charge is -2.26. The quantitative estimate of drug-likeness (QED) is 0.811. The average molecular weight is 276 g/mol. The van der Waals surface area contributed by atoms with Gasteiger partial charge in [0.1, 0.15) is 6.54 Å². The molecule has 3 N–H and O–H groups in total. The Bertz CT molecular complexity index is 461. The van der Waals surface area contributed by atoms with Crippen LogP contribution in [0.25, 0.3) is 0 Å². The summed E-state index contributed by atoms with van der Waals surface area (Å²) >= 11 is 0. The summed E-state index contributed by atoms with van der Waals surface area (Å²) < 4.78 is 37.4. The fourth-order valence-corrected chi connectivity index (χ4v) is 1.75. The van der Waals surface area contributed by atoms with E-state index in [1.165, 1.54) is 12.1 Å². The van der Waals surface area contributed by atoms with Gasteiger partial charge in [0.25, 0.3) is 0 Å². The van der Waals surface area contributed by atoms with Crippen LogP contribution >= 0.6 is 0 Å². The fraction of sp³-hybridized carbons (Fsp3) is 0.417. The van der Waals surface area contributed by atoms with Crippen molar-refractivity contribution in [3.8, 4) is 0 Å². The number of halogens is 3. The van der Waals surface area contributed by atoms with Crippen molar-refractivity contribution in [2.45, 2.75) is 19.5 Å². The van der Waals surface area contributed by atoms with Crippen LogP contribution in [0, 0.1) is 0 Å². The Kier molecular flexibility index (Phi) is 4.63. The highest BCUT2D eigenvalue weighted by molar-refractivity contribution is 5.90. The Balaban J connectivity index is 3.06. The predicted octanol–water partition coefficient (Wildman–Crippen LogP) is 2.75. The van der Waals surface area contributed by atoms with E-state index in [1.54, 1.807) is 6.92 Å². The third-order valence-corrected chi connectivity index (χ3v) is 2.48. The Labute approximate surface area is 108 Å². The number of nitrogen functional groups attached to an aromatic ring is 1. The largest absolute Gasteiger partial charge is 0.478 e. The maximum absolute atomic E-state index is 12.5. The molecule has 0 fully saturated rings. The SMILES string of the molecule is CCCN(CC(F)(F)F)c1ccc(C(=O)O)cc1N. The van der Waals surface area contributed by atoms with Gasteiger partial charge in [-0.2, -0.15) is 13.2 Å². The van der Waals surface area contributed by atoms with Crippen LogP contribution in [0.5, 0.6) is 0 Å². The minimum atomic E-state index is -4.34. The molecular formula is C12H15F3N2O2. The molecule has 7 heteroatoms. The van der Waals surface area contributed by atoms with Crippen molar-refractivity contribution in [3.05, 3.63) is 23.8 Å². The summed E-state index contributed by atoms with van der Waals surface area (Å²) in [6.45, 7) is 0.832. The number of carboxylic acid groups (broad SMARTS) is 1. The summed E-state index contributed by atoms with van der Waals surface area (Å²) in [6, 6.07) is 3.71. The molecule has 1 aromatic rings. The molecule has 0 saturated carbocycles. The van der Waals surface area contributed by atoms with Crippen LogP contribution < -0.4 is 10.6 Å². The maximum Gasteiger partial charge on any atom is 0.405 e. The summed E-state index contributed by atoms with van der Waals surface area (Å²) in [5.74, 6) is -1.17. The van der Waals surface area contributed by atoms with E-state index in [-0.39, 0.29) is 23.5 Å². The van der Waals surface area contributed by atoms with E-state index in [1.807, 2.05) is 0 Å². The second-order valence-corrected chi connectivity index (χ2v) is 4.12. The first-order valence-electron chi connectivity index (χ1n) is 5.69. The van der Waals surface area contributed by atoms with Gasteiger partial charge >= 0.3 is 12.1 Å². The maximum atomic E-state index is 12.5. The summed E-state index contributed by atoms with van der Waals surface area (Å²) in [5.41, 5.74) is 5.81. The molecule has 0 spiro atoms. The van der Waals surface area contributed by atoms with Crippen molar-refractivity contribution < 1.29 is 23.1 Å². The lowest BCUT2D eigenvalue weighted by Crippen LogP contribution is -2.35. The number of aromatic carboxylic acids is 1. The monoisotopic (exact) mass is 276 g/mol. The molecular weight excluding hydrogens is 261 g/mol. The molecule has 0 saturated heterocycles. The minimum absolute atomic E-state index is 0.0256. The Morgan fingerprint density at radius 3 is 2.47 bits per heavy atom. The van der Waals surface area contributed by atoms with E-state index in [0.29, 0.717) is 6.42 Å². The number of rotatable bonds is 5. The van der Waals surface area contributed by atoms with E-state index in [9.17, 15) is 18.0 Å². The first kappa shape index (κ1) is 15.1. The lowest BCUT2D eigenvalue weighted by atomic mass is 10.1. The van der Waals surface area contributed by atoms with E-state index < -0.39 is 18.7 Å². The molecule has 0 amide bonds. The van der Waals surface area contributed by atoms with Crippen molar-refractivity contribution in [3.63, 3.8) is 0 Å². The molecule has 0 radical (unpaired) electrons. The Hall–Kier alpha value is -1.92. The number of nitrogens with two attached hydrogens (primary N) is 1. The molecule has 0 aliphatic heterocycles. The van der Waals surface area contributed by atoms with Gasteiger partial charge < -0.3 is 15.7 Å². The number of carboxylic acids is 1. The molecule has 4 nitrogen and oxygen atoms in total. The molecule has 0 atom stereocenters.